The minimum absolute atomic E-state index is 0.279. The van der Waals surface area contributed by atoms with Gasteiger partial charge in [0.1, 0.15) is 0 Å². The monoisotopic (exact) mass is 363 g/mol. The zero-order chi connectivity index (χ0) is 12.5. The van der Waals surface area contributed by atoms with Gasteiger partial charge in [-0.2, -0.15) is 8.78 Å². The van der Waals surface area contributed by atoms with Crippen molar-refractivity contribution in [3.8, 4) is 5.75 Å². The van der Waals surface area contributed by atoms with Gasteiger partial charge in [0.05, 0.1) is 15.5 Å². The van der Waals surface area contributed by atoms with Gasteiger partial charge in [0.2, 0.25) is 0 Å². The highest BCUT2D eigenvalue weighted by Gasteiger charge is 2.30. The van der Waals surface area contributed by atoms with Gasteiger partial charge in [0, 0.05) is 22.0 Å². The second-order valence-electron chi connectivity index (χ2n) is 2.54. The van der Waals surface area contributed by atoms with E-state index in [2.05, 4.69) is 20.7 Å². The molecule has 0 aliphatic carbocycles. The molecule has 0 aromatic heterocycles. The highest BCUT2D eigenvalue weighted by Crippen LogP contribution is 2.37. The van der Waals surface area contributed by atoms with Crippen LogP contribution in [0.25, 0.3) is 0 Å². The Morgan fingerprint density at radius 1 is 1.44 bits per heavy atom. The van der Waals surface area contributed by atoms with E-state index in [0.29, 0.717) is 6.07 Å². The highest BCUT2D eigenvalue weighted by atomic mass is 79.9. The SMILES string of the molecule is O=[N+]([O-])c1cc(F)c(OC(F)(F)Br)c(Br)c1. The number of hydrogen-bond acceptors (Lipinski definition) is 3. The quantitative estimate of drug-likeness (QED) is 0.465. The molecule has 1 aromatic carbocycles. The molecule has 0 saturated heterocycles. The van der Waals surface area contributed by atoms with Gasteiger partial charge in [-0.15, -0.1) is 0 Å². The van der Waals surface area contributed by atoms with Crippen molar-refractivity contribution in [1.82, 2.24) is 0 Å². The fourth-order valence-electron chi connectivity index (χ4n) is 0.865. The maximum absolute atomic E-state index is 13.2. The maximum Gasteiger partial charge on any atom is 0.459 e. The van der Waals surface area contributed by atoms with E-state index in [1.807, 2.05) is 15.9 Å². The number of halogens is 5. The predicted octanol–water partition coefficient (Wildman–Crippen LogP) is 3.82. The molecule has 16 heavy (non-hydrogen) atoms. The third-order valence-electron chi connectivity index (χ3n) is 1.41. The van der Waals surface area contributed by atoms with Crippen LogP contribution in [0.15, 0.2) is 16.6 Å². The summed E-state index contributed by atoms with van der Waals surface area (Å²) in [6, 6.07) is 1.34. The van der Waals surface area contributed by atoms with Gasteiger partial charge in [0.25, 0.3) is 5.69 Å². The molecule has 0 spiro atoms. The second-order valence-corrected chi connectivity index (χ2v) is 4.32. The summed E-state index contributed by atoms with van der Waals surface area (Å²) in [6.45, 7) is 0. The molecule has 4 nitrogen and oxygen atoms in total. The Hall–Kier alpha value is -0.830. The van der Waals surface area contributed by atoms with Gasteiger partial charge < -0.3 is 4.74 Å². The summed E-state index contributed by atoms with van der Waals surface area (Å²) >= 11 is 4.55. The Morgan fingerprint density at radius 3 is 2.38 bits per heavy atom. The van der Waals surface area contributed by atoms with Crippen molar-refractivity contribution in [1.29, 1.82) is 0 Å². The Bertz CT molecular complexity index is 412. The average molecular weight is 365 g/mol. The lowest BCUT2D eigenvalue weighted by Gasteiger charge is -2.12. The van der Waals surface area contributed by atoms with Crippen molar-refractivity contribution >= 4 is 37.5 Å². The molecular weight excluding hydrogens is 363 g/mol. The number of nitrogens with zero attached hydrogens (tertiary/aromatic N) is 1. The summed E-state index contributed by atoms with van der Waals surface area (Å²) in [7, 11) is 0. The number of rotatable bonds is 3. The molecule has 1 rings (SSSR count). The van der Waals surface area contributed by atoms with E-state index in [1.165, 1.54) is 0 Å². The lowest BCUT2D eigenvalue weighted by atomic mass is 10.3. The van der Waals surface area contributed by atoms with Crippen LogP contribution in [0.1, 0.15) is 0 Å². The van der Waals surface area contributed by atoms with E-state index in [0.717, 1.165) is 6.07 Å². The summed E-state index contributed by atoms with van der Waals surface area (Å²) < 4.78 is 41.6. The molecule has 1 aromatic rings. The first-order valence-electron chi connectivity index (χ1n) is 3.60. The Kier molecular flexibility index (Phi) is 3.79. The fourth-order valence-corrected chi connectivity index (χ4v) is 1.53. The number of ether oxygens (including phenoxy) is 1. The minimum Gasteiger partial charge on any atom is -0.420 e. The molecule has 0 atom stereocenters. The van der Waals surface area contributed by atoms with Gasteiger partial charge in [-0.05, 0) is 15.9 Å². The summed E-state index contributed by atoms with van der Waals surface area (Å²) in [6.07, 6.45) is 0. The lowest BCUT2D eigenvalue weighted by molar-refractivity contribution is -0.385. The fraction of sp³-hybridized carbons (Fsp3) is 0.143. The summed E-state index contributed by atoms with van der Waals surface area (Å²) in [5.74, 6) is -2.08. The summed E-state index contributed by atoms with van der Waals surface area (Å²) in [5.41, 5.74) is -0.574. The molecule has 0 saturated carbocycles. The van der Waals surface area contributed by atoms with E-state index in [-0.39, 0.29) is 4.47 Å². The number of alkyl halides is 3. The van der Waals surface area contributed by atoms with Crippen LogP contribution in [-0.2, 0) is 0 Å². The number of hydrogen-bond donors (Lipinski definition) is 0. The predicted molar refractivity (Wildman–Crippen MR) is 55.3 cm³/mol. The molecule has 0 N–H and O–H groups in total. The van der Waals surface area contributed by atoms with E-state index < -0.39 is 27.2 Å². The standard InChI is InChI=1S/C7H2Br2F3NO3/c8-4-1-3(13(14)15)2-5(10)6(4)16-7(9,11)12/h1-2H. The minimum atomic E-state index is -3.76. The molecule has 88 valence electrons. The topological polar surface area (TPSA) is 52.4 Å². The number of nitro groups is 1. The van der Waals surface area contributed by atoms with Crippen molar-refractivity contribution in [2.24, 2.45) is 0 Å². The number of benzene rings is 1. The van der Waals surface area contributed by atoms with E-state index in [9.17, 15) is 23.3 Å². The van der Waals surface area contributed by atoms with Gasteiger partial charge in [-0.3, -0.25) is 10.1 Å². The van der Waals surface area contributed by atoms with Crippen LogP contribution >= 0.6 is 31.9 Å². The molecule has 9 heteroatoms. The average Bonchev–Trinajstić information content (AvgIpc) is 2.09. The zero-order valence-corrected chi connectivity index (χ0v) is 10.4. The lowest BCUT2D eigenvalue weighted by Crippen LogP contribution is -2.16. The molecule has 0 aliphatic rings. The Balaban J connectivity index is 3.18. The van der Waals surface area contributed by atoms with Gasteiger partial charge >= 0.3 is 5.02 Å². The molecule has 0 aliphatic heterocycles. The van der Waals surface area contributed by atoms with Crippen molar-refractivity contribution in [3.63, 3.8) is 0 Å². The van der Waals surface area contributed by atoms with Crippen molar-refractivity contribution in [3.05, 3.63) is 32.5 Å². The molecular formula is C7H2Br2F3NO3. The van der Waals surface area contributed by atoms with E-state index in [1.54, 1.807) is 0 Å². The molecule has 0 fully saturated rings. The Labute approximate surface area is 104 Å². The first-order valence-corrected chi connectivity index (χ1v) is 5.18. The summed E-state index contributed by atoms with van der Waals surface area (Å²) in [5, 5.41) is 6.56. The van der Waals surface area contributed by atoms with Gasteiger partial charge in [-0.1, -0.05) is 0 Å². The maximum atomic E-state index is 13.2. The van der Waals surface area contributed by atoms with Crippen LogP contribution in [0.5, 0.6) is 5.75 Å². The van der Waals surface area contributed by atoms with E-state index in [4.69, 9.17) is 0 Å². The van der Waals surface area contributed by atoms with Crippen molar-refractivity contribution in [2.45, 2.75) is 5.02 Å². The zero-order valence-electron chi connectivity index (χ0n) is 7.22. The van der Waals surface area contributed by atoms with Gasteiger partial charge in [-0.25, -0.2) is 4.39 Å². The first-order chi connectivity index (χ1) is 7.20. The normalized spacial score (nSPS) is 11.3. The third-order valence-corrected chi connectivity index (χ3v) is 2.16. The van der Waals surface area contributed by atoms with Crippen molar-refractivity contribution < 1.29 is 22.8 Å². The summed E-state index contributed by atoms with van der Waals surface area (Å²) in [4.78, 5) is 9.46. The first kappa shape index (κ1) is 13.2. The highest BCUT2D eigenvalue weighted by molar-refractivity contribution is 9.10. The number of non-ortho nitro benzene ring substituents is 1. The van der Waals surface area contributed by atoms with Crippen LogP contribution < -0.4 is 4.74 Å². The molecule has 0 heterocycles. The van der Waals surface area contributed by atoms with Crippen LogP contribution in [0, 0.1) is 15.9 Å². The number of nitro benzene ring substituents is 1. The molecule has 0 amide bonds. The van der Waals surface area contributed by atoms with Gasteiger partial charge in [0.15, 0.2) is 11.6 Å². The molecule has 0 radical (unpaired) electrons. The largest absolute Gasteiger partial charge is 0.459 e. The third kappa shape index (κ3) is 3.34. The van der Waals surface area contributed by atoms with Crippen molar-refractivity contribution in [2.75, 3.05) is 0 Å². The smallest absolute Gasteiger partial charge is 0.420 e. The van der Waals surface area contributed by atoms with Crippen LogP contribution in [-0.4, -0.2) is 9.94 Å². The van der Waals surface area contributed by atoms with E-state index >= 15 is 0 Å². The van der Waals surface area contributed by atoms with Crippen LogP contribution in [0.2, 0.25) is 0 Å². The van der Waals surface area contributed by atoms with Crippen LogP contribution in [0.3, 0.4) is 0 Å². The second kappa shape index (κ2) is 4.58. The Morgan fingerprint density at radius 2 is 2.00 bits per heavy atom. The van der Waals surface area contributed by atoms with Crippen LogP contribution in [0.4, 0.5) is 18.9 Å². The molecule has 0 unspecified atom stereocenters. The molecule has 0 bridgehead atoms.